The average molecular weight is 376 g/mol. The predicted octanol–water partition coefficient (Wildman–Crippen LogP) is 5.01. The fraction of sp³-hybridized carbons (Fsp3) is 0.0714. The quantitative estimate of drug-likeness (QED) is 0.709. The van der Waals surface area contributed by atoms with Gasteiger partial charge in [-0.1, -0.05) is 15.9 Å². The topological polar surface area (TPSA) is 29.1 Å². The van der Waals surface area contributed by atoms with Crippen molar-refractivity contribution in [3.63, 3.8) is 0 Å². The summed E-state index contributed by atoms with van der Waals surface area (Å²) in [7, 11) is 0. The summed E-state index contributed by atoms with van der Waals surface area (Å²) in [6, 6.07) is 9.86. The third-order valence-corrected chi connectivity index (χ3v) is 3.65. The molecule has 21 heavy (non-hydrogen) atoms. The van der Waals surface area contributed by atoms with E-state index in [-0.39, 0.29) is 10.2 Å². The summed E-state index contributed by atoms with van der Waals surface area (Å²) >= 11 is 6.94. The third kappa shape index (κ3) is 4.01. The molecule has 2 nitrogen and oxygen atoms in total. The molecule has 2 aromatic rings. The largest absolute Gasteiger partial charge is 0.417 e. The van der Waals surface area contributed by atoms with Crippen LogP contribution in [0.2, 0.25) is 0 Å². The summed E-state index contributed by atoms with van der Waals surface area (Å²) in [6.07, 6.45) is -4.49. The monoisotopic (exact) mass is 375 g/mol. The molecular formula is C14H9BrF3NOS. The summed E-state index contributed by atoms with van der Waals surface area (Å²) in [6.45, 7) is 0. The van der Waals surface area contributed by atoms with Crippen molar-refractivity contribution in [2.45, 2.75) is 11.1 Å². The van der Waals surface area contributed by atoms with Crippen LogP contribution in [0.25, 0.3) is 0 Å². The van der Waals surface area contributed by atoms with Gasteiger partial charge in [-0.2, -0.15) is 13.2 Å². The van der Waals surface area contributed by atoms with E-state index in [2.05, 4.69) is 33.9 Å². The van der Waals surface area contributed by atoms with Crippen LogP contribution in [0.1, 0.15) is 15.9 Å². The number of benzene rings is 2. The Bertz CT molecular complexity index is 671. The van der Waals surface area contributed by atoms with Crippen molar-refractivity contribution in [2.24, 2.45) is 0 Å². The van der Waals surface area contributed by atoms with Gasteiger partial charge in [0.1, 0.15) is 0 Å². The summed E-state index contributed by atoms with van der Waals surface area (Å²) in [4.78, 5) is 12.6. The van der Waals surface area contributed by atoms with Crippen LogP contribution in [-0.2, 0) is 6.18 Å². The van der Waals surface area contributed by atoms with Crippen molar-refractivity contribution in [3.8, 4) is 0 Å². The minimum Gasteiger partial charge on any atom is -0.322 e. The first kappa shape index (κ1) is 15.9. The van der Waals surface area contributed by atoms with Crippen molar-refractivity contribution >= 4 is 40.2 Å². The fourth-order valence-electron chi connectivity index (χ4n) is 1.64. The molecule has 110 valence electrons. The van der Waals surface area contributed by atoms with E-state index in [1.165, 1.54) is 12.1 Å². The minimum atomic E-state index is -4.49. The van der Waals surface area contributed by atoms with Crippen molar-refractivity contribution in [1.29, 1.82) is 0 Å². The van der Waals surface area contributed by atoms with E-state index in [1.807, 2.05) is 0 Å². The SMILES string of the molecule is O=C(Nc1ccc(Br)c(C(F)(F)F)c1)c1ccc(S)cc1. The molecule has 0 aliphatic carbocycles. The van der Waals surface area contributed by atoms with Gasteiger partial charge in [-0.25, -0.2) is 0 Å². The van der Waals surface area contributed by atoms with Crippen molar-refractivity contribution in [2.75, 3.05) is 5.32 Å². The number of rotatable bonds is 2. The number of carbonyl (C=O) groups excluding carboxylic acids is 1. The molecule has 7 heteroatoms. The molecule has 0 aliphatic rings. The first-order valence-electron chi connectivity index (χ1n) is 5.74. The Morgan fingerprint density at radius 3 is 2.29 bits per heavy atom. The molecule has 1 N–H and O–H groups in total. The van der Waals surface area contributed by atoms with Gasteiger partial charge in [-0.05, 0) is 42.5 Å². The van der Waals surface area contributed by atoms with E-state index in [4.69, 9.17) is 0 Å². The Labute approximate surface area is 132 Å². The highest BCUT2D eigenvalue weighted by Crippen LogP contribution is 2.36. The summed E-state index contributed by atoms with van der Waals surface area (Å²) < 4.78 is 38.3. The molecule has 0 atom stereocenters. The standard InChI is InChI=1S/C14H9BrF3NOS/c15-12-6-3-9(7-11(12)14(16,17)18)19-13(20)8-1-4-10(21)5-2-8/h1-7,21H,(H,19,20). The molecule has 0 heterocycles. The highest BCUT2D eigenvalue weighted by molar-refractivity contribution is 9.10. The number of anilines is 1. The Morgan fingerprint density at radius 2 is 1.71 bits per heavy atom. The van der Waals surface area contributed by atoms with E-state index in [1.54, 1.807) is 24.3 Å². The Kier molecular flexibility index (Phi) is 4.63. The lowest BCUT2D eigenvalue weighted by Gasteiger charge is -2.12. The second-order valence-electron chi connectivity index (χ2n) is 4.19. The lowest BCUT2D eigenvalue weighted by Crippen LogP contribution is -2.13. The highest BCUT2D eigenvalue weighted by Gasteiger charge is 2.33. The zero-order valence-corrected chi connectivity index (χ0v) is 12.9. The number of carbonyl (C=O) groups is 1. The van der Waals surface area contributed by atoms with Crippen LogP contribution < -0.4 is 5.32 Å². The number of hydrogen-bond acceptors (Lipinski definition) is 2. The molecule has 2 aromatic carbocycles. The number of halogens is 4. The van der Waals surface area contributed by atoms with Crippen LogP contribution in [0, 0.1) is 0 Å². The maximum Gasteiger partial charge on any atom is 0.417 e. The molecule has 0 fully saturated rings. The second-order valence-corrected chi connectivity index (χ2v) is 5.56. The molecule has 0 spiro atoms. The highest BCUT2D eigenvalue weighted by atomic mass is 79.9. The zero-order valence-electron chi connectivity index (χ0n) is 10.4. The Hall–Kier alpha value is -1.47. The minimum absolute atomic E-state index is 0.0745. The van der Waals surface area contributed by atoms with Crippen LogP contribution in [0.15, 0.2) is 51.8 Å². The molecule has 0 aliphatic heterocycles. The fourth-order valence-corrected chi connectivity index (χ4v) is 2.26. The molecule has 0 bridgehead atoms. The normalized spacial score (nSPS) is 11.3. The van der Waals surface area contributed by atoms with Crippen molar-refractivity contribution in [1.82, 2.24) is 0 Å². The van der Waals surface area contributed by atoms with E-state index in [0.717, 1.165) is 6.07 Å². The van der Waals surface area contributed by atoms with Gasteiger partial charge < -0.3 is 5.32 Å². The van der Waals surface area contributed by atoms with Crippen LogP contribution in [-0.4, -0.2) is 5.91 Å². The number of nitrogens with one attached hydrogen (secondary N) is 1. The smallest absolute Gasteiger partial charge is 0.322 e. The number of amides is 1. The van der Waals surface area contributed by atoms with Gasteiger partial charge in [0.05, 0.1) is 5.56 Å². The van der Waals surface area contributed by atoms with Gasteiger partial charge in [0.15, 0.2) is 0 Å². The first-order valence-corrected chi connectivity index (χ1v) is 6.98. The molecule has 0 saturated heterocycles. The zero-order chi connectivity index (χ0) is 15.6. The molecule has 1 amide bonds. The van der Waals surface area contributed by atoms with Crippen molar-refractivity contribution in [3.05, 3.63) is 58.1 Å². The number of hydrogen-bond donors (Lipinski definition) is 2. The van der Waals surface area contributed by atoms with Gasteiger partial charge in [0, 0.05) is 20.6 Å². The molecule has 0 unspecified atom stereocenters. The first-order chi connectivity index (χ1) is 9.77. The van der Waals surface area contributed by atoms with Crippen LogP contribution >= 0.6 is 28.6 Å². The van der Waals surface area contributed by atoms with Crippen LogP contribution in [0.3, 0.4) is 0 Å². The molecule has 2 rings (SSSR count). The lowest BCUT2D eigenvalue weighted by molar-refractivity contribution is -0.138. The maximum atomic E-state index is 12.8. The lowest BCUT2D eigenvalue weighted by atomic mass is 10.1. The van der Waals surface area contributed by atoms with E-state index >= 15 is 0 Å². The number of alkyl halides is 3. The maximum absolute atomic E-state index is 12.8. The Balaban J connectivity index is 2.24. The average Bonchev–Trinajstić information content (AvgIpc) is 2.40. The van der Waals surface area contributed by atoms with Gasteiger partial charge in [-0.3, -0.25) is 4.79 Å². The van der Waals surface area contributed by atoms with E-state index in [9.17, 15) is 18.0 Å². The van der Waals surface area contributed by atoms with Gasteiger partial charge in [0.25, 0.3) is 5.91 Å². The van der Waals surface area contributed by atoms with Gasteiger partial charge in [0.2, 0.25) is 0 Å². The van der Waals surface area contributed by atoms with Gasteiger partial charge in [-0.15, -0.1) is 12.6 Å². The van der Waals surface area contributed by atoms with Gasteiger partial charge >= 0.3 is 6.18 Å². The summed E-state index contributed by atoms with van der Waals surface area (Å²) in [5, 5.41) is 2.43. The van der Waals surface area contributed by atoms with Crippen LogP contribution in [0.4, 0.5) is 18.9 Å². The summed E-state index contributed by atoms with van der Waals surface area (Å²) in [5.41, 5.74) is -0.430. The van der Waals surface area contributed by atoms with Crippen LogP contribution in [0.5, 0.6) is 0 Å². The second kappa shape index (κ2) is 6.11. The Morgan fingerprint density at radius 1 is 1.10 bits per heavy atom. The molecular weight excluding hydrogens is 367 g/mol. The number of thiol groups is 1. The molecule has 0 aromatic heterocycles. The van der Waals surface area contributed by atoms with Crippen molar-refractivity contribution < 1.29 is 18.0 Å². The third-order valence-electron chi connectivity index (χ3n) is 2.66. The van der Waals surface area contributed by atoms with E-state index in [0.29, 0.717) is 10.5 Å². The van der Waals surface area contributed by atoms with E-state index < -0.39 is 17.6 Å². The molecule has 0 radical (unpaired) electrons. The molecule has 0 saturated carbocycles. The predicted molar refractivity (Wildman–Crippen MR) is 80.8 cm³/mol. The summed E-state index contributed by atoms with van der Waals surface area (Å²) in [5.74, 6) is -0.487.